The summed E-state index contributed by atoms with van der Waals surface area (Å²) in [4.78, 5) is 0. The average molecular weight is 266 g/mol. The van der Waals surface area contributed by atoms with Crippen molar-refractivity contribution in [2.45, 2.75) is 30.7 Å². The van der Waals surface area contributed by atoms with Crippen molar-refractivity contribution in [3.8, 4) is 0 Å². The second kappa shape index (κ2) is 9.61. The minimum absolute atomic E-state index is 0. The Morgan fingerprint density at radius 2 is 1.35 bits per heavy atom. The van der Waals surface area contributed by atoms with Crippen molar-refractivity contribution in [2.24, 2.45) is 0 Å². The second-order valence-corrected chi connectivity index (χ2v) is 3.07. The zero-order valence-corrected chi connectivity index (χ0v) is 8.16. The number of aliphatic hydroxyl groups is 6. The normalized spacial score (nSPS) is 19.8. The molecule has 0 radical (unpaired) electrons. The summed E-state index contributed by atoms with van der Waals surface area (Å²) in [6.07, 6.45) is -9.99. The summed E-state index contributed by atoms with van der Waals surface area (Å²) in [5.41, 5.74) is 0. The molecule has 9 nitrogen and oxygen atoms in total. The predicted octanol–water partition coefficient (Wildman–Crippen LogP) is -5.92. The Morgan fingerprint density at radius 3 is 1.71 bits per heavy atom. The summed E-state index contributed by atoms with van der Waals surface area (Å²) in [5.74, 6) is 0. The van der Waals surface area contributed by atoms with E-state index in [0.717, 1.165) is 0 Å². The van der Waals surface area contributed by atoms with Gasteiger partial charge in [0.25, 0.3) is 0 Å². The molecule has 0 aromatic heterocycles. The zero-order chi connectivity index (χ0) is 12.9. The molecule has 0 fully saturated rings. The first-order valence-electron chi connectivity index (χ1n) is 4.34. The second-order valence-electron chi connectivity index (χ2n) is 3.07. The number of aliphatic hydroxyl groups excluding tert-OH is 6. The molecule has 0 amide bonds. The van der Waals surface area contributed by atoms with Crippen LogP contribution in [0.3, 0.4) is 0 Å². The SMILES string of the molecule is OC[C@@H](O)[C@@H](O)[C@H](O)[C@H](O)C(O)OB(O)O.[NaH]. The van der Waals surface area contributed by atoms with E-state index in [0.29, 0.717) is 0 Å². The van der Waals surface area contributed by atoms with Gasteiger partial charge in [-0.25, -0.2) is 0 Å². The van der Waals surface area contributed by atoms with Crippen molar-refractivity contribution < 1.29 is 45.3 Å². The molecule has 0 saturated heterocycles. The van der Waals surface area contributed by atoms with Crippen molar-refractivity contribution in [3.63, 3.8) is 0 Å². The van der Waals surface area contributed by atoms with Gasteiger partial charge in [-0.05, 0) is 0 Å². The Hall–Kier alpha value is 0.705. The average Bonchev–Trinajstić information content (AvgIpc) is 2.23. The van der Waals surface area contributed by atoms with Gasteiger partial charge in [0.15, 0.2) is 6.29 Å². The van der Waals surface area contributed by atoms with E-state index in [1.54, 1.807) is 0 Å². The van der Waals surface area contributed by atoms with Crippen molar-refractivity contribution in [3.05, 3.63) is 0 Å². The quantitative estimate of drug-likeness (QED) is 0.165. The van der Waals surface area contributed by atoms with Gasteiger partial charge in [-0.3, -0.25) is 0 Å². The third-order valence-corrected chi connectivity index (χ3v) is 1.83. The van der Waals surface area contributed by atoms with Gasteiger partial charge < -0.3 is 45.3 Å². The third-order valence-electron chi connectivity index (χ3n) is 1.83. The van der Waals surface area contributed by atoms with Crippen LogP contribution in [-0.2, 0) is 4.65 Å². The zero-order valence-electron chi connectivity index (χ0n) is 8.16. The molecule has 0 aliphatic heterocycles. The van der Waals surface area contributed by atoms with Gasteiger partial charge in [-0.2, -0.15) is 0 Å². The molecular weight excluding hydrogens is 250 g/mol. The van der Waals surface area contributed by atoms with E-state index in [2.05, 4.69) is 4.65 Å². The molecule has 5 atom stereocenters. The standard InChI is InChI=1S/C6H15BO9.Na.H/c8-1-2(9)3(10)4(11)5(12)6(13)16-7(14)15;;/h2-6,8-15H,1H2;;/t2-,3-,4+,5+,6?;;/m1../s1. The van der Waals surface area contributed by atoms with E-state index in [1.165, 1.54) is 0 Å². The van der Waals surface area contributed by atoms with Crippen molar-refractivity contribution in [1.29, 1.82) is 0 Å². The van der Waals surface area contributed by atoms with Crippen LogP contribution in [0.5, 0.6) is 0 Å². The van der Waals surface area contributed by atoms with Gasteiger partial charge in [-0.15, -0.1) is 0 Å². The predicted molar refractivity (Wildman–Crippen MR) is 55.5 cm³/mol. The molecule has 17 heavy (non-hydrogen) atoms. The van der Waals surface area contributed by atoms with Crippen LogP contribution in [0.25, 0.3) is 0 Å². The maximum atomic E-state index is 9.20. The molecule has 98 valence electrons. The molecular formula is C6H16BNaO9. The monoisotopic (exact) mass is 266 g/mol. The Labute approximate surface area is 119 Å². The Kier molecular flexibility index (Phi) is 11.3. The van der Waals surface area contributed by atoms with Gasteiger partial charge in [0.05, 0.1) is 6.61 Å². The van der Waals surface area contributed by atoms with Crippen LogP contribution < -0.4 is 0 Å². The van der Waals surface area contributed by atoms with Crippen LogP contribution in [0.2, 0.25) is 0 Å². The molecule has 0 aliphatic rings. The van der Waals surface area contributed by atoms with Gasteiger partial charge in [-0.1, -0.05) is 0 Å². The fraction of sp³-hybridized carbons (Fsp3) is 1.00. The molecule has 0 aromatic carbocycles. The molecule has 0 spiro atoms. The van der Waals surface area contributed by atoms with E-state index in [1.807, 2.05) is 0 Å². The van der Waals surface area contributed by atoms with Crippen LogP contribution in [0, 0.1) is 0 Å². The van der Waals surface area contributed by atoms with E-state index in [-0.39, 0.29) is 29.6 Å². The summed E-state index contributed by atoms with van der Waals surface area (Å²) < 4.78 is 3.90. The minimum atomic E-state index is -2.38. The maximum absolute atomic E-state index is 9.20. The van der Waals surface area contributed by atoms with Gasteiger partial charge in [0.2, 0.25) is 0 Å². The van der Waals surface area contributed by atoms with Crippen molar-refractivity contribution in [2.75, 3.05) is 6.61 Å². The fourth-order valence-electron chi connectivity index (χ4n) is 0.912. The van der Waals surface area contributed by atoms with Crippen LogP contribution >= 0.6 is 0 Å². The molecule has 0 saturated carbocycles. The molecule has 0 bridgehead atoms. The number of hydrogen-bond acceptors (Lipinski definition) is 9. The summed E-state index contributed by atoms with van der Waals surface area (Å²) in [6.45, 7) is -0.871. The number of hydrogen-bond donors (Lipinski definition) is 8. The molecule has 1 unspecified atom stereocenters. The van der Waals surface area contributed by atoms with Crippen LogP contribution in [0.4, 0.5) is 0 Å². The van der Waals surface area contributed by atoms with E-state index in [9.17, 15) is 5.11 Å². The van der Waals surface area contributed by atoms with Gasteiger partial charge >= 0.3 is 36.9 Å². The molecule has 0 aliphatic carbocycles. The van der Waals surface area contributed by atoms with Crippen molar-refractivity contribution >= 4 is 36.9 Å². The van der Waals surface area contributed by atoms with Crippen LogP contribution in [0.1, 0.15) is 0 Å². The first-order chi connectivity index (χ1) is 7.31. The summed E-state index contributed by atoms with van der Waals surface area (Å²) in [7, 11) is -2.38. The third kappa shape index (κ3) is 7.01. The van der Waals surface area contributed by atoms with E-state index < -0.39 is 44.6 Å². The Morgan fingerprint density at radius 1 is 0.882 bits per heavy atom. The van der Waals surface area contributed by atoms with Crippen LogP contribution in [0.15, 0.2) is 0 Å². The van der Waals surface area contributed by atoms with Gasteiger partial charge in [0, 0.05) is 0 Å². The van der Waals surface area contributed by atoms with E-state index in [4.69, 9.17) is 35.6 Å². The topological polar surface area (TPSA) is 171 Å². The summed E-state index contributed by atoms with van der Waals surface area (Å²) in [5, 5.41) is 70.3. The first-order valence-corrected chi connectivity index (χ1v) is 4.34. The number of rotatable bonds is 7. The Bertz CT molecular complexity index is 196. The molecule has 11 heteroatoms. The molecule has 0 aromatic rings. The summed E-state index contributed by atoms with van der Waals surface area (Å²) in [6, 6.07) is 0. The summed E-state index contributed by atoms with van der Waals surface area (Å²) >= 11 is 0. The van der Waals surface area contributed by atoms with Crippen molar-refractivity contribution in [1.82, 2.24) is 0 Å². The first kappa shape index (κ1) is 20.0. The van der Waals surface area contributed by atoms with Crippen LogP contribution in [-0.4, -0.2) is 115 Å². The molecule has 8 N–H and O–H groups in total. The Balaban J connectivity index is 0. The fourth-order valence-corrected chi connectivity index (χ4v) is 0.912. The van der Waals surface area contributed by atoms with Gasteiger partial charge in [0.1, 0.15) is 24.4 Å². The molecule has 0 rings (SSSR count). The van der Waals surface area contributed by atoms with E-state index >= 15 is 0 Å². The molecule has 0 heterocycles.